The Bertz CT molecular complexity index is 516. The molecule has 7 nitrogen and oxygen atoms in total. The number of nitrogens with zero attached hydrogens (tertiary/aromatic N) is 2. The summed E-state index contributed by atoms with van der Waals surface area (Å²) in [7, 11) is 0. The Morgan fingerprint density at radius 1 is 1.26 bits per heavy atom. The summed E-state index contributed by atoms with van der Waals surface area (Å²) in [4.78, 5) is 40.4. The Morgan fingerprint density at radius 3 is 2.48 bits per heavy atom. The molecule has 1 saturated heterocycles. The van der Waals surface area contributed by atoms with Crippen LogP contribution in [-0.2, 0) is 19.1 Å². The molecule has 0 aromatic rings. The van der Waals surface area contributed by atoms with Crippen molar-refractivity contribution in [3.63, 3.8) is 0 Å². The predicted octanol–water partition coefficient (Wildman–Crippen LogP) is 1.95. The standard InChI is InChI=1S/C20H37N3O4/c1-7-17-10-8-9-12-23(17)18(25)14-22(13-11-21-16(3)24)15(2)19(26)27-20(4,5)6/h15,17H,7-14H2,1-6H3,(H,21,24)/t15-,17-/m1/s1. The molecule has 0 radical (unpaired) electrons. The van der Waals surface area contributed by atoms with Crippen LogP contribution >= 0.6 is 0 Å². The molecule has 0 unspecified atom stereocenters. The van der Waals surface area contributed by atoms with E-state index < -0.39 is 11.6 Å². The van der Waals surface area contributed by atoms with E-state index in [0.717, 1.165) is 32.2 Å². The second kappa shape index (κ2) is 10.6. The minimum Gasteiger partial charge on any atom is -0.459 e. The van der Waals surface area contributed by atoms with E-state index in [1.54, 1.807) is 11.8 Å². The third kappa shape index (κ3) is 8.28. The Labute approximate surface area is 163 Å². The van der Waals surface area contributed by atoms with Crippen molar-refractivity contribution in [3.05, 3.63) is 0 Å². The van der Waals surface area contributed by atoms with Crippen LogP contribution in [0.15, 0.2) is 0 Å². The molecule has 27 heavy (non-hydrogen) atoms. The SMILES string of the molecule is CC[C@@H]1CCCCN1C(=O)CN(CCNC(C)=O)[C@H](C)C(=O)OC(C)(C)C. The fraction of sp³-hybridized carbons (Fsp3) is 0.850. The topological polar surface area (TPSA) is 79.0 Å². The highest BCUT2D eigenvalue weighted by Gasteiger charge is 2.31. The maximum atomic E-state index is 12.9. The van der Waals surface area contributed by atoms with E-state index in [1.807, 2.05) is 25.7 Å². The number of carbonyl (C=O) groups is 3. The van der Waals surface area contributed by atoms with Crippen LogP contribution in [-0.4, -0.2) is 71.4 Å². The lowest BCUT2D eigenvalue weighted by Gasteiger charge is -2.37. The molecule has 1 fully saturated rings. The number of nitrogens with one attached hydrogen (secondary N) is 1. The molecule has 0 aromatic heterocycles. The Balaban J connectivity index is 2.81. The average Bonchev–Trinajstić information content (AvgIpc) is 2.58. The van der Waals surface area contributed by atoms with Crippen molar-refractivity contribution in [2.75, 3.05) is 26.2 Å². The van der Waals surface area contributed by atoms with Gasteiger partial charge in [0.1, 0.15) is 11.6 Å². The Morgan fingerprint density at radius 2 is 1.93 bits per heavy atom. The van der Waals surface area contributed by atoms with Gasteiger partial charge in [0.15, 0.2) is 0 Å². The number of piperidine rings is 1. The summed E-state index contributed by atoms with van der Waals surface area (Å²) < 4.78 is 5.48. The first-order chi connectivity index (χ1) is 12.5. The minimum absolute atomic E-state index is 0.0415. The van der Waals surface area contributed by atoms with Crippen LogP contribution in [0.4, 0.5) is 0 Å². The van der Waals surface area contributed by atoms with Gasteiger partial charge in [0.25, 0.3) is 0 Å². The molecule has 0 aromatic carbocycles. The molecule has 1 N–H and O–H groups in total. The van der Waals surface area contributed by atoms with Crippen LogP contribution in [0.5, 0.6) is 0 Å². The lowest BCUT2D eigenvalue weighted by molar-refractivity contribution is -0.161. The van der Waals surface area contributed by atoms with Crippen molar-refractivity contribution < 1.29 is 19.1 Å². The Hall–Kier alpha value is -1.63. The molecule has 7 heteroatoms. The first-order valence-electron chi connectivity index (χ1n) is 10.1. The third-order valence-electron chi connectivity index (χ3n) is 4.83. The van der Waals surface area contributed by atoms with Gasteiger partial charge in [-0.15, -0.1) is 0 Å². The highest BCUT2D eigenvalue weighted by molar-refractivity contribution is 5.81. The van der Waals surface area contributed by atoms with E-state index in [9.17, 15) is 14.4 Å². The molecule has 1 heterocycles. The number of hydrogen-bond donors (Lipinski definition) is 1. The van der Waals surface area contributed by atoms with E-state index in [4.69, 9.17) is 4.74 Å². The van der Waals surface area contributed by atoms with E-state index >= 15 is 0 Å². The number of ether oxygens (including phenoxy) is 1. The summed E-state index contributed by atoms with van der Waals surface area (Å²) >= 11 is 0. The maximum Gasteiger partial charge on any atom is 0.323 e. The van der Waals surface area contributed by atoms with Crippen LogP contribution in [0.25, 0.3) is 0 Å². The molecular weight excluding hydrogens is 346 g/mol. The number of carbonyl (C=O) groups excluding carboxylic acids is 3. The second-order valence-corrected chi connectivity index (χ2v) is 8.31. The van der Waals surface area contributed by atoms with E-state index in [1.165, 1.54) is 6.92 Å². The van der Waals surface area contributed by atoms with Crippen LogP contribution in [0, 0.1) is 0 Å². The molecule has 0 bridgehead atoms. The van der Waals surface area contributed by atoms with Gasteiger partial charge in [-0.25, -0.2) is 0 Å². The van der Waals surface area contributed by atoms with E-state index in [-0.39, 0.29) is 30.4 Å². The van der Waals surface area contributed by atoms with Gasteiger partial charge in [0.05, 0.1) is 6.54 Å². The monoisotopic (exact) mass is 383 g/mol. The number of likely N-dealkylation sites (tertiary alicyclic amines) is 1. The molecule has 1 rings (SSSR count). The molecule has 156 valence electrons. The highest BCUT2D eigenvalue weighted by Crippen LogP contribution is 2.20. The number of esters is 1. The lowest BCUT2D eigenvalue weighted by Crippen LogP contribution is -2.52. The molecule has 0 spiro atoms. The normalized spacial score (nSPS) is 18.9. The van der Waals surface area contributed by atoms with Gasteiger partial charge in [-0.3, -0.25) is 19.3 Å². The molecular formula is C20H37N3O4. The molecule has 2 amide bonds. The van der Waals surface area contributed by atoms with Crippen molar-refractivity contribution in [1.82, 2.24) is 15.1 Å². The predicted molar refractivity (Wildman–Crippen MR) is 105 cm³/mol. The second-order valence-electron chi connectivity index (χ2n) is 8.31. The Kier molecular flexibility index (Phi) is 9.22. The van der Waals surface area contributed by atoms with Crippen molar-refractivity contribution >= 4 is 17.8 Å². The molecule has 0 aliphatic carbocycles. The quantitative estimate of drug-likeness (QED) is 0.648. The average molecular weight is 384 g/mol. The maximum absolute atomic E-state index is 12.9. The van der Waals surface area contributed by atoms with Crippen LogP contribution in [0.2, 0.25) is 0 Å². The summed E-state index contributed by atoms with van der Waals surface area (Å²) in [5.74, 6) is -0.447. The summed E-state index contributed by atoms with van der Waals surface area (Å²) in [6.45, 7) is 12.5. The zero-order valence-electron chi connectivity index (χ0n) is 17.8. The third-order valence-corrected chi connectivity index (χ3v) is 4.83. The zero-order chi connectivity index (χ0) is 20.6. The summed E-state index contributed by atoms with van der Waals surface area (Å²) in [5, 5.41) is 2.73. The van der Waals surface area contributed by atoms with Crippen molar-refractivity contribution in [3.8, 4) is 0 Å². The van der Waals surface area contributed by atoms with Crippen LogP contribution < -0.4 is 5.32 Å². The molecule has 1 aliphatic rings. The summed E-state index contributed by atoms with van der Waals surface area (Å²) in [5.41, 5.74) is -0.584. The van der Waals surface area contributed by atoms with Gasteiger partial charge in [0, 0.05) is 32.6 Å². The fourth-order valence-electron chi connectivity index (χ4n) is 3.34. The highest BCUT2D eigenvalue weighted by atomic mass is 16.6. The molecule has 2 atom stereocenters. The molecule has 1 aliphatic heterocycles. The van der Waals surface area contributed by atoms with E-state index in [2.05, 4.69) is 12.2 Å². The van der Waals surface area contributed by atoms with Gasteiger partial charge in [-0.2, -0.15) is 0 Å². The van der Waals surface area contributed by atoms with Crippen molar-refractivity contribution in [2.45, 2.75) is 84.9 Å². The number of hydrogen-bond acceptors (Lipinski definition) is 5. The zero-order valence-corrected chi connectivity index (χ0v) is 17.8. The van der Waals surface area contributed by atoms with Gasteiger partial charge in [-0.1, -0.05) is 6.92 Å². The van der Waals surface area contributed by atoms with Gasteiger partial charge in [-0.05, 0) is 53.4 Å². The van der Waals surface area contributed by atoms with Crippen molar-refractivity contribution in [1.29, 1.82) is 0 Å². The summed E-state index contributed by atoms with van der Waals surface area (Å²) in [6.07, 6.45) is 4.16. The van der Waals surface area contributed by atoms with E-state index in [0.29, 0.717) is 13.1 Å². The van der Waals surface area contributed by atoms with Gasteiger partial charge >= 0.3 is 5.97 Å². The smallest absolute Gasteiger partial charge is 0.323 e. The number of amides is 2. The van der Waals surface area contributed by atoms with Gasteiger partial charge < -0.3 is 15.0 Å². The van der Waals surface area contributed by atoms with Gasteiger partial charge in [0.2, 0.25) is 11.8 Å². The minimum atomic E-state index is -0.584. The first-order valence-corrected chi connectivity index (χ1v) is 10.1. The lowest BCUT2D eigenvalue weighted by atomic mass is 10.00. The van der Waals surface area contributed by atoms with Crippen LogP contribution in [0.3, 0.4) is 0 Å². The number of rotatable bonds is 8. The van der Waals surface area contributed by atoms with Crippen molar-refractivity contribution in [2.24, 2.45) is 0 Å². The molecule has 0 saturated carbocycles. The largest absolute Gasteiger partial charge is 0.459 e. The fourth-order valence-corrected chi connectivity index (χ4v) is 3.34. The van der Waals surface area contributed by atoms with Crippen LogP contribution in [0.1, 0.15) is 67.2 Å². The summed E-state index contributed by atoms with van der Waals surface area (Å²) in [6, 6.07) is -0.285. The first kappa shape index (κ1) is 23.4.